The van der Waals surface area contributed by atoms with Crippen molar-refractivity contribution in [1.29, 1.82) is 0 Å². The number of carbonyl (C=O) groups excluding carboxylic acids is 1. The molecule has 2 N–H and O–H groups in total. The van der Waals surface area contributed by atoms with Crippen molar-refractivity contribution in [2.24, 2.45) is 7.05 Å². The Morgan fingerprint density at radius 3 is 2.81 bits per heavy atom. The van der Waals surface area contributed by atoms with E-state index in [1.807, 2.05) is 60.1 Å². The van der Waals surface area contributed by atoms with E-state index in [1.54, 1.807) is 7.11 Å². The predicted molar refractivity (Wildman–Crippen MR) is 105 cm³/mol. The van der Waals surface area contributed by atoms with E-state index in [1.165, 1.54) is 11.8 Å². The molecule has 3 aromatic rings. The molecule has 2 aromatic carbocycles. The Kier molecular flexibility index (Phi) is 5.48. The topological polar surface area (TPSA) is 68.2 Å². The van der Waals surface area contributed by atoms with E-state index < -0.39 is 0 Å². The molecular formula is C19H20N4O2S. The summed E-state index contributed by atoms with van der Waals surface area (Å²) in [6.45, 7) is 3.93. The summed E-state index contributed by atoms with van der Waals surface area (Å²) >= 11 is 1.38. The van der Waals surface area contributed by atoms with Crippen LogP contribution >= 0.6 is 11.8 Å². The number of methoxy groups -OCH3 is 1. The molecule has 134 valence electrons. The molecule has 0 atom stereocenters. The molecule has 3 rings (SSSR count). The fourth-order valence-corrected chi connectivity index (χ4v) is 3.23. The van der Waals surface area contributed by atoms with Gasteiger partial charge in [-0.15, -0.1) is 0 Å². The molecule has 0 saturated heterocycles. The third-order valence-corrected chi connectivity index (χ3v) is 4.88. The van der Waals surface area contributed by atoms with Gasteiger partial charge in [0.2, 0.25) is 5.91 Å². The molecule has 0 unspecified atom stereocenters. The highest BCUT2D eigenvalue weighted by Gasteiger charge is 2.10. The molecule has 0 radical (unpaired) electrons. The van der Waals surface area contributed by atoms with Gasteiger partial charge in [0, 0.05) is 12.6 Å². The number of carbonyl (C=O) groups is 1. The van der Waals surface area contributed by atoms with E-state index in [9.17, 15) is 4.79 Å². The average molecular weight is 368 g/mol. The van der Waals surface area contributed by atoms with Crippen molar-refractivity contribution >= 4 is 34.4 Å². The number of hydrazine groups is 1. The van der Waals surface area contributed by atoms with Crippen LogP contribution in [0.25, 0.3) is 16.7 Å². The van der Waals surface area contributed by atoms with E-state index in [0.717, 1.165) is 27.5 Å². The maximum Gasteiger partial charge on any atom is 0.248 e. The Hall–Kier alpha value is -2.93. The fourth-order valence-electron chi connectivity index (χ4n) is 2.45. The van der Waals surface area contributed by atoms with E-state index in [-0.39, 0.29) is 11.7 Å². The van der Waals surface area contributed by atoms with Crippen molar-refractivity contribution in [1.82, 2.24) is 20.4 Å². The number of fused-ring (bicyclic) bond motifs is 1. The van der Waals surface area contributed by atoms with Gasteiger partial charge in [-0.2, -0.15) is 0 Å². The van der Waals surface area contributed by atoms with Gasteiger partial charge < -0.3 is 9.30 Å². The summed E-state index contributed by atoms with van der Waals surface area (Å²) in [6.07, 6.45) is 0. The lowest BCUT2D eigenvalue weighted by Gasteiger charge is -2.12. The van der Waals surface area contributed by atoms with Crippen molar-refractivity contribution in [2.75, 3.05) is 12.9 Å². The van der Waals surface area contributed by atoms with Crippen molar-refractivity contribution in [3.8, 4) is 5.75 Å². The smallest absolute Gasteiger partial charge is 0.248 e. The van der Waals surface area contributed by atoms with E-state index in [0.29, 0.717) is 5.70 Å². The largest absolute Gasteiger partial charge is 0.497 e. The second kappa shape index (κ2) is 7.97. The zero-order chi connectivity index (χ0) is 18.5. The summed E-state index contributed by atoms with van der Waals surface area (Å²) in [5.74, 6) is 0.815. The lowest BCUT2D eigenvalue weighted by Crippen LogP contribution is -2.37. The Labute approximate surface area is 156 Å². The van der Waals surface area contributed by atoms with Crippen molar-refractivity contribution in [2.45, 2.75) is 5.16 Å². The summed E-state index contributed by atoms with van der Waals surface area (Å²) in [5.41, 5.74) is 8.88. The molecular weight excluding hydrogens is 348 g/mol. The summed E-state index contributed by atoms with van der Waals surface area (Å²) in [6, 6.07) is 15.3. The second-order valence-electron chi connectivity index (χ2n) is 5.61. The number of amides is 1. The zero-order valence-corrected chi connectivity index (χ0v) is 15.5. The number of aromatic nitrogens is 2. The Balaban J connectivity index is 1.53. The third kappa shape index (κ3) is 4.00. The molecule has 7 heteroatoms. The number of benzene rings is 2. The minimum Gasteiger partial charge on any atom is -0.497 e. The number of nitrogens with one attached hydrogen (secondary N) is 2. The number of rotatable bonds is 7. The van der Waals surface area contributed by atoms with E-state index in [2.05, 4.69) is 22.4 Å². The number of thioether (sulfide) groups is 1. The highest BCUT2D eigenvalue weighted by atomic mass is 32.2. The van der Waals surface area contributed by atoms with E-state index >= 15 is 0 Å². The van der Waals surface area contributed by atoms with Crippen LogP contribution in [0.2, 0.25) is 0 Å². The van der Waals surface area contributed by atoms with Crippen LogP contribution in [-0.2, 0) is 11.8 Å². The lowest BCUT2D eigenvalue weighted by atomic mass is 10.2. The average Bonchev–Trinajstić information content (AvgIpc) is 3.00. The van der Waals surface area contributed by atoms with Crippen LogP contribution in [0.3, 0.4) is 0 Å². The van der Waals surface area contributed by atoms with Gasteiger partial charge in [-0.05, 0) is 24.3 Å². The number of para-hydroxylation sites is 2. The zero-order valence-electron chi connectivity index (χ0n) is 14.7. The molecule has 0 bridgehead atoms. The number of ether oxygens (including phenoxy) is 1. The highest BCUT2D eigenvalue weighted by Crippen LogP contribution is 2.22. The van der Waals surface area contributed by atoms with Crippen LogP contribution < -0.4 is 15.6 Å². The van der Waals surface area contributed by atoms with Gasteiger partial charge in [-0.1, -0.05) is 42.6 Å². The third-order valence-electron chi connectivity index (χ3n) is 3.85. The number of hydrogen-bond acceptors (Lipinski definition) is 5. The molecule has 0 fully saturated rings. The summed E-state index contributed by atoms with van der Waals surface area (Å²) in [4.78, 5) is 16.6. The van der Waals surface area contributed by atoms with Gasteiger partial charge in [0.05, 0.1) is 29.6 Å². The van der Waals surface area contributed by atoms with Gasteiger partial charge in [0.1, 0.15) is 5.75 Å². The summed E-state index contributed by atoms with van der Waals surface area (Å²) in [5, 5.41) is 0.799. The molecule has 1 aromatic heterocycles. The number of nitrogens with zero attached hydrogens (tertiary/aromatic N) is 2. The van der Waals surface area contributed by atoms with Gasteiger partial charge in [0.15, 0.2) is 5.16 Å². The Morgan fingerprint density at radius 1 is 1.23 bits per heavy atom. The quantitative estimate of drug-likeness (QED) is 0.496. The number of imidazole rings is 1. The van der Waals surface area contributed by atoms with Crippen molar-refractivity contribution in [3.63, 3.8) is 0 Å². The Bertz CT molecular complexity index is 952. The van der Waals surface area contributed by atoms with Crippen molar-refractivity contribution < 1.29 is 9.53 Å². The molecule has 0 aliphatic rings. The molecule has 6 nitrogen and oxygen atoms in total. The van der Waals surface area contributed by atoms with Crippen LogP contribution in [-0.4, -0.2) is 28.3 Å². The van der Waals surface area contributed by atoms with Gasteiger partial charge in [-0.25, -0.2) is 4.98 Å². The van der Waals surface area contributed by atoms with Crippen LogP contribution in [0.4, 0.5) is 0 Å². The Morgan fingerprint density at radius 2 is 2.04 bits per heavy atom. The van der Waals surface area contributed by atoms with Crippen LogP contribution in [0.5, 0.6) is 5.75 Å². The normalized spacial score (nSPS) is 10.5. The first-order chi connectivity index (χ1) is 12.6. The summed E-state index contributed by atoms with van der Waals surface area (Å²) in [7, 11) is 3.55. The molecule has 1 amide bonds. The molecule has 0 aliphatic heterocycles. The highest BCUT2D eigenvalue weighted by molar-refractivity contribution is 7.99. The van der Waals surface area contributed by atoms with Gasteiger partial charge in [0.25, 0.3) is 0 Å². The van der Waals surface area contributed by atoms with E-state index in [4.69, 9.17) is 4.74 Å². The van der Waals surface area contributed by atoms with Crippen LogP contribution in [0.15, 0.2) is 60.3 Å². The first kappa shape index (κ1) is 17.9. The SMILES string of the molecule is C=C(NNC(=O)CSc1nc2ccccc2n1C)c1cccc(OC)c1. The molecule has 0 aliphatic carbocycles. The van der Waals surface area contributed by atoms with Gasteiger partial charge >= 0.3 is 0 Å². The fraction of sp³-hybridized carbons (Fsp3) is 0.158. The van der Waals surface area contributed by atoms with Crippen LogP contribution in [0.1, 0.15) is 5.56 Å². The maximum absolute atomic E-state index is 12.1. The standard InChI is InChI=1S/C19H20N4O2S/c1-13(14-7-6-8-15(11-14)25-3)21-22-18(24)12-26-19-20-16-9-4-5-10-17(16)23(19)2/h4-11,21H,1,12H2,2-3H3,(H,22,24). The molecule has 0 saturated carbocycles. The number of aryl methyl sites for hydroxylation is 1. The van der Waals surface area contributed by atoms with Gasteiger partial charge in [-0.3, -0.25) is 15.6 Å². The van der Waals surface area contributed by atoms with Crippen molar-refractivity contribution in [3.05, 3.63) is 60.7 Å². The lowest BCUT2D eigenvalue weighted by molar-refractivity contribution is -0.119. The molecule has 0 spiro atoms. The monoisotopic (exact) mass is 368 g/mol. The summed E-state index contributed by atoms with van der Waals surface area (Å²) < 4.78 is 7.17. The first-order valence-corrected chi connectivity index (χ1v) is 8.99. The van der Waals surface area contributed by atoms with Crippen LogP contribution in [0, 0.1) is 0 Å². The first-order valence-electron chi connectivity index (χ1n) is 8.01. The maximum atomic E-state index is 12.1. The minimum absolute atomic E-state index is 0.161. The molecule has 26 heavy (non-hydrogen) atoms. The second-order valence-corrected chi connectivity index (χ2v) is 6.56. The minimum atomic E-state index is -0.161. The molecule has 1 heterocycles. The number of hydrogen-bond donors (Lipinski definition) is 2. The predicted octanol–water partition coefficient (Wildman–Crippen LogP) is 2.97.